The van der Waals surface area contributed by atoms with Crippen LogP contribution in [0.3, 0.4) is 0 Å². The quantitative estimate of drug-likeness (QED) is 0.820. The Bertz CT molecular complexity index is 564. The average molecular weight is 255 g/mol. The monoisotopic (exact) mass is 255 g/mol. The molecule has 0 saturated heterocycles. The van der Waals surface area contributed by atoms with Gasteiger partial charge in [-0.25, -0.2) is 0 Å². The minimum absolute atomic E-state index is 0.0824. The van der Waals surface area contributed by atoms with Gasteiger partial charge in [-0.05, 0) is 43.2 Å². The summed E-state index contributed by atoms with van der Waals surface area (Å²) in [5, 5.41) is 2.89. The molecule has 1 amide bonds. The van der Waals surface area contributed by atoms with Crippen LogP contribution < -0.4 is 11.1 Å². The van der Waals surface area contributed by atoms with E-state index in [1.54, 1.807) is 18.3 Å². The van der Waals surface area contributed by atoms with E-state index in [1.807, 2.05) is 31.2 Å². The number of anilines is 1. The number of hydrogen-bond acceptors (Lipinski definition) is 3. The number of carbonyl (C=O) groups is 1. The number of nitrogens with two attached hydrogens (primary N) is 1. The molecule has 98 valence electrons. The van der Waals surface area contributed by atoms with Crippen LogP contribution in [0.1, 0.15) is 21.6 Å². The molecule has 0 saturated carbocycles. The molecule has 0 aliphatic heterocycles. The van der Waals surface area contributed by atoms with Gasteiger partial charge in [0.25, 0.3) is 5.91 Å². The second-order valence-corrected chi connectivity index (χ2v) is 4.38. The molecule has 0 radical (unpaired) electrons. The zero-order chi connectivity index (χ0) is 13.7. The summed E-state index contributed by atoms with van der Waals surface area (Å²) in [7, 11) is 0. The SMILES string of the molecule is Cc1ncccc1C(=O)NCCc1ccc(N)cc1. The lowest BCUT2D eigenvalue weighted by atomic mass is 10.1. The van der Waals surface area contributed by atoms with Crippen molar-refractivity contribution in [3.63, 3.8) is 0 Å². The van der Waals surface area contributed by atoms with Crippen molar-refractivity contribution in [2.24, 2.45) is 0 Å². The zero-order valence-electron chi connectivity index (χ0n) is 10.9. The smallest absolute Gasteiger partial charge is 0.253 e. The Labute approximate surface area is 112 Å². The number of pyridine rings is 1. The molecule has 0 aliphatic rings. The maximum Gasteiger partial charge on any atom is 0.253 e. The number of amides is 1. The van der Waals surface area contributed by atoms with Crippen molar-refractivity contribution >= 4 is 11.6 Å². The van der Waals surface area contributed by atoms with Gasteiger partial charge in [0.1, 0.15) is 0 Å². The first-order valence-electron chi connectivity index (χ1n) is 6.21. The molecule has 3 N–H and O–H groups in total. The topological polar surface area (TPSA) is 68.0 Å². The maximum absolute atomic E-state index is 11.9. The molecule has 4 heteroatoms. The second kappa shape index (κ2) is 6.00. The van der Waals surface area contributed by atoms with Crippen molar-refractivity contribution in [2.45, 2.75) is 13.3 Å². The predicted molar refractivity (Wildman–Crippen MR) is 75.9 cm³/mol. The summed E-state index contributed by atoms with van der Waals surface area (Å²) in [5.41, 5.74) is 8.89. The largest absolute Gasteiger partial charge is 0.399 e. The van der Waals surface area contributed by atoms with Crippen molar-refractivity contribution in [3.8, 4) is 0 Å². The van der Waals surface area contributed by atoms with E-state index >= 15 is 0 Å². The van der Waals surface area contributed by atoms with Crippen LogP contribution in [0.4, 0.5) is 5.69 Å². The number of carbonyl (C=O) groups excluding carboxylic acids is 1. The Hall–Kier alpha value is -2.36. The Morgan fingerprint density at radius 2 is 2.00 bits per heavy atom. The van der Waals surface area contributed by atoms with Crippen LogP contribution >= 0.6 is 0 Å². The van der Waals surface area contributed by atoms with E-state index < -0.39 is 0 Å². The fourth-order valence-electron chi connectivity index (χ4n) is 1.82. The van der Waals surface area contributed by atoms with Crippen LogP contribution in [0.15, 0.2) is 42.6 Å². The van der Waals surface area contributed by atoms with Crippen LogP contribution in [0.2, 0.25) is 0 Å². The van der Waals surface area contributed by atoms with Crippen LogP contribution in [0, 0.1) is 6.92 Å². The number of aromatic nitrogens is 1. The van der Waals surface area contributed by atoms with Crippen molar-refractivity contribution < 1.29 is 4.79 Å². The van der Waals surface area contributed by atoms with Crippen molar-refractivity contribution in [1.29, 1.82) is 0 Å². The Morgan fingerprint density at radius 3 is 2.68 bits per heavy atom. The number of rotatable bonds is 4. The minimum atomic E-state index is -0.0824. The van der Waals surface area contributed by atoms with Crippen LogP contribution in [-0.2, 0) is 6.42 Å². The first-order valence-corrected chi connectivity index (χ1v) is 6.21. The van der Waals surface area contributed by atoms with E-state index in [9.17, 15) is 4.79 Å². The predicted octanol–water partition coefficient (Wildman–Crippen LogP) is 1.94. The summed E-state index contributed by atoms with van der Waals surface area (Å²) in [6.07, 6.45) is 2.46. The van der Waals surface area contributed by atoms with Gasteiger partial charge in [0.2, 0.25) is 0 Å². The molecular formula is C15H17N3O. The Kier molecular flexibility index (Phi) is 4.13. The van der Waals surface area contributed by atoms with E-state index in [0.29, 0.717) is 12.1 Å². The molecule has 1 aromatic carbocycles. The number of hydrogen-bond donors (Lipinski definition) is 2. The van der Waals surface area contributed by atoms with Crippen molar-refractivity contribution in [1.82, 2.24) is 10.3 Å². The molecule has 0 unspecified atom stereocenters. The van der Waals surface area contributed by atoms with E-state index in [2.05, 4.69) is 10.3 Å². The van der Waals surface area contributed by atoms with Crippen LogP contribution in [0.25, 0.3) is 0 Å². The van der Waals surface area contributed by atoms with Gasteiger partial charge in [-0.15, -0.1) is 0 Å². The lowest BCUT2D eigenvalue weighted by Gasteiger charge is -2.07. The average Bonchev–Trinajstić information content (AvgIpc) is 2.41. The van der Waals surface area contributed by atoms with Gasteiger partial charge in [0, 0.05) is 24.1 Å². The molecule has 4 nitrogen and oxygen atoms in total. The first kappa shape index (κ1) is 13.1. The molecule has 2 rings (SSSR count). The van der Waals surface area contributed by atoms with Crippen molar-refractivity contribution in [3.05, 3.63) is 59.4 Å². The summed E-state index contributed by atoms with van der Waals surface area (Å²) in [6.45, 7) is 2.42. The van der Waals surface area contributed by atoms with Gasteiger partial charge < -0.3 is 11.1 Å². The summed E-state index contributed by atoms with van der Waals surface area (Å²) >= 11 is 0. The summed E-state index contributed by atoms with van der Waals surface area (Å²) < 4.78 is 0. The van der Waals surface area contributed by atoms with Gasteiger partial charge in [-0.2, -0.15) is 0 Å². The highest BCUT2D eigenvalue weighted by Gasteiger charge is 2.07. The van der Waals surface area contributed by atoms with Gasteiger partial charge in [0.05, 0.1) is 5.56 Å². The fraction of sp³-hybridized carbons (Fsp3) is 0.200. The number of aryl methyl sites for hydroxylation is 1. The first-order chi connectivity index (χ1) is 9.16. The maximum atomic E-state index is 11.9. The molecule has 1 heterocycles. The lowest BCUT2D eigenvalue weighted by molar-refractivity contribution is 0.0953. The van der Waals surface area contributed by atoms with E-state index in [1.165, 1.54) is 0 Å². The minimum Gasteiger partial charge on any atom is -0.399 e. The molecule has 0 spiro atoms. The third-order valence-electron chi connectivity index (χ3n) is 2.93. The van der Waals surface area contributed by atoms with Gasteiger partial charge in [0.15, 0.2) is 0 Å². The molecular weight excluding hydrogens is 238 g/mol. The van der Waals surface area contributed by atoms with Crippen LogP contribution in [0.5, 0.6) is 0 Å². The standard InChI is InChI=1S/C15H17N3O/c1-11-14(3-2-9-17-11)15(19)18-10-8-12-4-6-13(16)7-5-12/h2-7,9H,8,10,16H2,1H3,(H,18,19). The Morgan fingerprint density at radius 1 is 1.26 bits per heavy atom. The number of nitrogen functional groups attached to an aromatic ring is 1. The molecule has 1 aromatic heterocycles. The highest BCUT2D eigenvalue weighted by molar-refractivity contribution is 5.95. The highest BCUT2D eigenvalue weighted by atomic mass is 16.1. The molecule has 2 aromatic rings. The third kappa shape index (κ3) is 3.55. The number of benzene rings is 1. The molecule has 0 bridgehead atoms. The second-order valence-electron chi connectivity index (χ2n) is 4.38. The summed E-state index contributed by atoms with van der Waals surface area (Å²) in [6, 6.07) is 11.2. The summed E-state index contributed by atoms with van der Waals surface area (Å²) in [5.74, 6) is -0.0824. The third-order valence-corrected chi connectivity index (χ3v) is 2.93. The molecule has 0 fully saturated rings. The van der Waals surface area contributed by atoms with E-state index in [0.717, 1.165) is 23.4 Å². The molecule has 19 heavy (non-hydrogen) atoms. The van der Waals surface area contributed by atoms with Crippen LogP contribution in [-0.4, -0.2) is 17.4 Å². The Balaban J connectivity index is 1.88. The normalized spacial score (nSPS) is 10.2. The van der Waals surface area contributed by atoms with Gasteiger partial charge in [-0.3, -0.25) is 9.78 Å². The highest BCUT2D eigenvalue weighted by Crippen LogP contribution is 2.06. The zero-order valence-corrected chi connectivity index (χ0v) is 10.9. The number of nitrogens with zero attached hydrogens (tertiary/aromatic N) is 1. The summed E-state index contributed by atoms with van der Waals surface area (Å²) in [4.78, 5) is 16.0. The fourth-order valence-corrected chi connectivity index (χ4v) is 1.82. The number of nitrogens with one attached hydrogen (secondary N) is 1. The molecule has 0 atom stereocenters. The molecule has 0 aliphatic carbocycles. The van der Waals surface area contributed by atoms with E-state index in [4.69, 9.17) is 5.73 Å². The van der Waals surface area contributed by atoms with Crippen molar-refractivity contribution in [2.75, 3.05) is 12.3 Å². The van der Waals surface area contributed by atoms with Gasteiger partial charge >= 0.3 is 0 Å². The van der Waals surface area contributed by atoms with E-state index in [-0.39, 0.29) is 5.91 Å². The lowest BCUT2D eigenvalue weighted by Crippen LogP contribution is -2.26. The van der Waals surface area contributed by atoms with Gasteiger partial charge in [-0.1, -0.05) is 12.1 Å².